The van der Waals surface area contributed by atoms with Gasteiger partial charge in [0.2, 0.25) is 11.6 Å². The summed E-state index contributed by atoms with van der Waals surface area (Å²) < 4.78 is 5.48. The van der Waals surface area contributed by atoms with Gasteiger partial charge in [-0.3, -0.25) is 4.90 Å². The average Bonchev–Trinajstić information content (AvgIpc) is 3.20. The molecule has 0 amide bonds. The number of anilines is 1. The summed E-state index contributed by atoms with van der Waals surface area (Å²) >= 11 is 1.78. The molecular weight excluding hydrogens is 284 g/mol. The summed E-state index contributed by atoms with van der Waals surface area (Å²) in [5, 5.41) is 14.4. The summed E-state index contributed by atoms with van der Waals surface area (Å²) in [4.78, 5) is 7.91. The molecule has 1 N–H and O–H groups in total. The number of nitriles is 1. The van der Waals surface area contributed by atoms with E-state index in [1.54, 1.807) is 18.3 Å². The van der Waals surface area contributed by atoms with Crippen LogP contribution in [0.1, 0.15) is 35.3 Å². The van der Waals surface area contributed by atoms with Crippen molar-refractivity contribution in [2.45, 2.75) is 25.8 Å². The molecule has 0 spiro atoms. The lowest BCUT2D eigenvalue weighted by molar-refractivity contribution is 0.258. The van der Waals surface area contributed by atoms with Gasteiger partial charge in [0.1, 0.15) is 6.07 Å². The summed E-state index contributed by atoms with van der Waals surface area (Å²) in [5.41, 5.74) is 0.332. The van der Waals surface area contributed by atoms with Gasteiger partial charge < -0.3 is 9.73 Å². The smallest absolute Gasteiger partial charge is 0.232 e. The number of aryl methyl sites for hydroxylation is 1. The normalized spacial score (nSPS) is 16.8. The SMILES string of the molecule is Cc1nc(C#N)c(NC[C@@H](c2cccs2)N2CCCC2)o1. The predicted octanol–water partition coefficient (Wildman–Crippen LogP) is 3.17. The van der Waals surface area contributed by atoms with Gasteiger partial charge in [0, 0.05) is 18.3 Å². The van der Waals surface area contributed by atoms with Gasteiger partial charge in [0.25, 0.3) is 0 Å². The van der Waals surface area contributed by atoms with Gasteiger partial charge in [-0.1, -0.05) is 6.07 Å². The number of rotatable bonds is 5. The lowest BCUT2D eigenvalue weighted by Crippen LogP contribution is -2.30. The number of oxazole rings is 1. The standard InChI is InChI=1S/C15H18N4OS/c1-11-18-12(9-16)15(20-11)17-10-13(14-5-4-8-21-14)19-6-2-3-7-19/h4-5,8,13,17H,2-3,6-7,10H2,1H3/t13-/m0/s1. The van der Waals surface area contributed by atoms with Gasteiger partial charge in [0.05, 0.1) is 6.04 Å². The molecule has 1 saturated heterocycles. The van der Waals surface area contributed by atoms with Gasteiger partial charge in [-0.05, 0) is 37.4 Å². The Hall–Kier alpha value is -1.84. The number of hydrogen-bond acceptors (Lipinski definition) is 6. The largest absolute Gasteiger partial charge is 0.424 e. The lowest BCUT2D eigenvalue weighted by Gasteiger charge is -2.26. The van der Waals surface area contributed by atoms with Crippen LogP contribution in [0.5, 0.6) is 0 Å². The summed E-state index contributed by atoms with van der Waals surface area (Å²) in [6, 6.07) is 6.65. The molecule has 3 rings (SSSR count). The molecule has 3 heterocycles. The van der Waals surface area contributed by atoms with Crippen LogP contribution in [-0.4, -0.2) is 29.5 Å². The Morgan fingerprint density at radius 3 is 3.00 bits per heavy atom. The fourth-order valence-electron chi connectivity index (χ4n) is 2.76. The summed E-state index contributed by atoms with van der Waals surface area (Å²) in [7, 11) is 0. The van der Waals surface area contributed by atoms with E-state index in [2.05, 4.69) is 38.8 Å². The third-order valence-corrected chi connectivity index (χ3v) is 4.72. The van der Waals surface area contributed by atoms with Crippen molar-refractivity contribution in [2.75, 3.05) is 25.0 Å². The van der Waals surface area contributed by atoms with Crippen LogP contribution in [0.4, 0.5) is 5.88 Å². The molecule has 0 radical (unpaired) electrons. The Bertz CT molecular complexity index is 623. The minimum atomic E-state index is 0.324. The number of nitrogens with one attached hydrogen (secondary N) is 1. The molecule has 2 aromatic rings. The van der Waals surface area contributed by atoms with Crippen LogP contribution >= 0.6 is 11.3 Å². The molecule has 1 atom stereocenters. The zero-order valence-corrected chi connectivity index (χ0v) is 12.8. The molecule has 0 unspecified atom stereocenters. The van der Waals surface area contributed by atoms with Crippen LogP contribution in [0.2, 0.25) is 0 Å². The van der Waals surface area contributed by atoms with Crippen molar-refractivity contribution in [1.82, 2.24) is 9.88 Å². The quantitative estimate of drug-likeness (QED) is 0.919. The van der Waals surface area contributed by atoms with Gasteiger partial charge in [-0.15, -0.1) is 11.3 Å². The van der Waals surface area contributed by atoms with Crippen molar-refractivity contribution in [1.29, 1.82) is 5.26 Å². The highest BCUT2D eigenvalue weighted by Crippen LogP contribution is 2.29. The molecule has 21 heavy (non-hydrogen) atoms. The second-order valence-electron chi connectivity index (χ2n) is 5.18. The molecular formula is C15H18N4OS. The maximum atomic E-state index is 9.07. The monoisotopic (exact) mass is 302 g/mol. The van der Waals surface area contributed by atoms with E-state index >= 15 is 0 Å². The first-order valence-corrected chi connectivity index (χ1v) is 8.05. The summed E-state index contributed by atoms with van der Waals surface area (Å²) in [6.07, 6.45) is 2.51. The van der Waals surface area contributed by atoms with Crippen LogP contribution < -0.4 is 5.32 Å². The third kappa shape index (κ3) is 3.09. The van der Waals surface area contributed by atoms with E-state index < -0.39 is 0 Å². The molecule has 6 heteroatoms. The van der Waals surface area contributed by atoms with Crippen LogP contribution in [0.15, 0.2) is 21.9 Å². The Labute approximate surface area is 128 Å². The highest BCUT2D eigenvalue weighted by atomic mass is 32.1. The van der Waals surface area contributed by atoms with E-state index in [0.717, 1.165) is 19.6 Å². The second-order valence-corrected chi connectivity index (χ2v) is 6.16. The highest BCUT2D eigenvalue weighted by Gasteiger charge is 2.25. The fourth-order valence-corrected chi connectivity index (χ4v) is 3.62. The summed E-state index contributed by atoms with van der Waals surface area (Å²) in [6.45, 7) is 4.74. The lowest BCUT2D eigenvalue weighted by atomic mass is 10.2. The first kappa shape index (κ1) is 14.1. The molecule has 1 aliphatic heterocycles. The van der Waals surface area contributed by atoms with E-state index in [1.807, 2.05) is 0 Å². The molecule has 0 aromatic carbocycles. The van der Waals surface area contributed by atoms with Crippen molar-refractivity contribution >= 4 is 17.2 Å². The highest BCUT2D eigenvalue weighted by molar-refractivity contribution is 7.10. The minimum Gasteiger partial charge on any atom is -0.424 e. The molecule has 110 valence electrons. The van der Waals surface area contributed by atoms with Crippen molar-refractivity contribution in [3.63, 3.8) is 0 Å². The van der Waals surface area contributed by atoms with E-state index in [-0.39, 0.29) is 0 Å². The maximum absolute atomic E-state index is 9.07. The average molecular weight is 302 g/mol. The fraction of sp³-hybridized carbons (Fsp3) is 0.467. The summed E-state index contributed by atoms with van der Waals surface area (Å²) in [5.74, 6) is 0.999. The van der Waals surface area contributed by atoms with E-state index in [9.17, 15) is 0 Å². The molecule has 5 nitrogen and oxygen atoms in total. The Morgan fingerprint density at radius 2 is 2.33 bits per heavy atom. The molecule has 2 aromatic heterocycles. The zero-order valence-electron chi connectivity index (χ0n) is 12.0. The van der Waals surface area contributed by atoms with E-state index in [4.69, 9.17) is 9.68 Å². The maximum Gasteiger partial charge on any atom is 0.232 e. The second kappa shape index (κ2) is 6.29. The van der Waals surface area contributed by atoms with Crippen molar-refractivity contribution in [2.24, 2.45) is 0 Å². The zero-order chi connectivity index (χ0) is 14.7. The van der Waals surface area contributed by atoms with Gasteiger partial charge >= 0.3 is 0 Å². The Kier molecular flexibility index (Phi) is 4.23. The third-order valence-electron chi connectivity index (χ3n) is 3.75. The Morgan fingerprint density at radius 1 is 1.52 bits per heavy atom. The molecule has 1 aliphatic rings. The van der Waals surface area contributed by atoms with Crippen molar-refractivity contribution in [3.8, 4) is 6.07 Å². The topological polar surface area (TPSA) is 65.1 Å². The predicted molar refractivity (Wildman–Crippen MR) is 82.3 cm³/mol. The van der Waals surface area contributed by atoms with E-state index in [1.165, 1.54) is 17.7 Å². The van der Waals surface area contributed by atoms with Crippen LogP contribution in [0.25, 0.3) is 0 Å². The van der Waals surface area contributed by atoms with Crippen molar-refractivity contribution < 1.29 is 4.42 Å². The minimum absolute atomic E-state index is 0.324. The van der Waals surface area contributed by atoms with Crippen LogP contribution in [0, 0.1) is 18.3 Å². The van der Waals surface area contributed by atoms with Crippen LogP contribution in [0.3, 0.4) is 0 Å². The van der Waals surface area contributed by atoms with Crippen LogP contribution in [-0.2, 0) is 0 Å². The number of hydrogen-bond donors (Lipinski definition) is 1. The van der Waals surface area contributed by atoms with Gasteiger partial charge in [-0.2, -0.15) is 5.26 Å². The van der Waals surface area contributed by atoms with E-state index in [0.29, 0.717) is 23.5 Å². The number of likely N-dealkylation sites (tertiary alicyclic amines) is 1. The number of aromatic nitrogens is 1. The first-order valence-electron chi connectivity index (χ1n) is 7.17. The molecule has 0 aliphatic carbocycles. The molecule has 1 fully saturated rings. The Balaban J connectivity index is 1.74. The number of nitrogens with zero attached hydrogens (tertiary/aromatic N) is 3. The van der Waals surface area contributed by atoms with Gasteiger partial charge in [-0.25, -0.2) is 4.98 Å². The molecule has 0 saturated carbocycles. The molecule has 0 bridgehead atoms. The van der Waals surface area contributed by atoms with Crippen molar-refractivity contribution in [3.05, 3.63) is 34.0 Å². The number of thiophene rings is 1. The first-order chi connectivity index (χ1) is 10.3. The van der Waals surface area contributed by atoms with Gasteiger partial charge in [0.15, 0.2) is 5.89 Å².